The van der Waals surface area contributed by atoms with Crippen molar-refractivity contribution in [2.45, 2.75) is 26.4 Å². The van der Waals surface area contributed by atoms with Gasteiger partial charge in [-0.25, -0.2) is 19.1 Å². The highest BCUT2D eigenvalue weighted by atomic mass is 35.5. The number of halogens is 1. The van der Waals surface area contributed by atoms with E-state index in [-0.39, 0.29) is 16.5 Å². The van der Waals surface area contributed by atoms with Crippen LogP contribution in [0.1, 0.15) is 31.3 Å². The minimum absolute atomic E-state index is 0.0384. The lowest BCUT2D eigenvalue weighted by Gasteiger charge is -2.20. The molecule has 0 amide bonds. The Hall–Kier alpha value is -2.08. The van der Waals surface area contributed by atoms with Crippen molar-refractivity contribution in [3.05, 3.63) is 29.0 Å². The summed E-state index contributed by atoms with van der Waals surface area (Å²) in [4.78, 5) is 28.3. The van der Waals surface area contributed by atoms with E-state index in [0.717, 1.165) is 4.57 Å². The second-order valence-electron chi connectivity index (χ2n) is 5.38. The van der Waals surface area contributed by atoms with E-state index >= 15 is 0 Å². The SMILES string of the molecule is COC(=O)c1cc2ccc(Cl)nc2n1C(=O)OC(C)(C)C. The Morgan fingerprint density at radius 3 is 2.52 bits per heavy atom. The molecule has 6 nitrogen and oxygen atoms in total. The molecule has 0 bridgehead atoms. The Morgan fingerprint density at radius 1 is 1.29 bits per heavy atom. The van der Waals surface area contributed by atoms with Crippen molar-refractivity contribution in [1.29, 1.82) is 0 Å². The summed E-state index contributed by atoms with van der Waals surface area (Å²) in [5.74, 6) is -0.657. The maximum absolute atomic E-state index is 12.3. The number of ether oxygens (including phenoxy) is 2. The normalized spacial score (nSPS) is 11.5. The number of hydrogen-bond donors (Lipinski definition) is 0. The van der Waals surface area contributed by atoms with Gasteiger partial charge in [-0.2, -0.15) is 0 Å². The first-order valence-corrected chi connectivity index (χ1v) is 6.60. The zero-order chi connectivity index (χ0) is 15.8. The molecule has 0 aliphatic rings. The zero-order valence-electron chi connectivity index (χ0n) is 12.1. The Labute approximate surface area is 126 Å². The molecule has 112 valence electrons. The number of methoxy groups -OCH3 is 1. The van der Waals surface area contributed by atoms with Gasteiger partial charge in [-0.05, 0) is 39.0 Å². The number of esters is 1. The van der Waals surface area contributed by atoms with Crippen LogP contribution in [-0.4, -0.2) is 34.3 Å². The minimum atomic E-state index is -0.715. The van der Waals surface area contributed by atoms with Crippen LogP contribution in [0.25, 0.3) is 11.0 Å². The topological polar surface area (TPSA) is 70.4 Å². The third-order valence-corrected chi connectivity index (χ3v) is 2.80. The molecular formula is C14H15ClN2O4. The van der Waals surface area contributed by atoms with Crippen LogP contribution < -0.4 is 0 Å². The number of carbonyl (C=O) groups is 2. The molecule has 0 aliphatic heterocycles. The fourth-order valence-corrected chi connectivity index (χ4v) is 1.94. The number of fused-ring (bicyclic) bond motifs is 1. The second-order valence-corrected chi connectivity index (χ2v) is 5.77. The van der Waals surface area contributed by atoms with E-state index in [4.69, 9.17) is 16.3 Å². The number of carbonyl (C=O) groups excluding carboxylic acids is 2. The first-order chi connectivity index (χ1) is 9.73. The van der Waals surface area contributed by atoms with Gasteiger partial charge in [0.15, 0.2) is 5.65 Å². The van der Waals surface area contributed by atoms with Gasteiger partial charge in [0.25, 0.3) is 0 Å². The van der Waals surface area contributed by atoms with Crippen LogP contribution >= 0.6 is 11.6 Å². The molecule has 0 saturated carbocycles. The molecule has 0 radical (unpaired) electrons. The fourth-order valence-electron chi connectivity index (χ4n) is 1.80. The predicted octanol–water partition coefficient (Wildman–Crippen LogP) is 3.26. The van der Waals surface area contributed by atoms with Crippen molar-refractivity contribution >= 4 is 34.7 Å². The van der Waals surface area contributed by atoms with Crippen molar-refractivity contribution < 1.29 is 19.1 Å². The highest BCUT2D eigenvalue weighted by Gasteiger charge is 2.26. The largest absolute Gasteiger partial charge is 0.464 e. The molecule has 7 heteroatoms. The maximum atomic E-state index is 12.3. The Morgan fingerprint density at radius 2 is 1.95 bits per heavy atom. The minimum Gasteiger partial charge on any atom is -0.464 e. The molecule has 0 fully saturated rings. The second kappa shape index (κ2) is 5.37. The van der Waals surface area contributed by atoms with E-state index in [0.29, 0.717) is 5.39 Å². The lowest BCUT2D eigenvalue weighted by molar-refractivity contribution is 0.0489. The van der Waals surface area contributed by atoms with E-state index in [1.54, 1.807) is 32.9 Å². The molecule has 2 heterocycles. The highest BCUT2D eigenvalue weighted by Crippen LogP contribution is 2.22. The smallest absolute Gasteiger partial charge is 0.420 e. The number of rotatable bonds is 1. The molecule has 0 saturated heterocycles. The van der Waals surface area contributed by atoms with Crippen LogP contribution in [0, 0.1) is 0 Å². The van der Waals surface area contributed by atoms with Crippen molar-refractivity contribution in [3.8, 4) is 0 Å². The van der Waals surface area contributed by atoms with Crippen molar-refractivity contribution in [3.63, 3.8) is 0 Å². The third kappa shape index (κ3) is 3.16. The van der Waals surface area contributed by atoms with Gasteiger partial charge in [0.05, 0.1) is 7.11 Å². The van der Waals surface area contributed by atoms with E-state index in [1.807, 2.05) is 0 Å². The summed E-state index contributed by atoms with van der Waals surface area (Å²) in [7, 11) is 1.24. The van der Waals surface area contributed by atoms with Crippen molar-refractivity contribution in [2.75, 3.05) is 7.11 Å². The van der Waals surface area contributed by atoms with Gasteiger partial charge >= 0.3 is 12.1 Å². The molecule has 2 rings (SSSR count). The quantitative estimate of drug-likeness (QED) is 0.597. The summed E-state index contributed by atoms with van der Waals surface area (Å²) < 4.78 is 11.1. The fraction of sp³-hybridized carbons (Fsp3) is 0.357. The van der Waals surface area contributed by atoms with Crippen LogP contribution in [0.3, 0.4) is 0 Å². The third-order valence-electron chi connectivity index (χ3n) is 2.59. The summed E-state index contributed by atoms with van der Waals surface area (Å²) in [5.41, 5.74) is -0.423. The zero-order valence-corrected chi connectivity index (χ0v) is 12.9. The van der Waals surface area contributed by atoms with Crippen LogP contribution in [0.15, 0.2) is 18.2 Å². The summed E-state index contributed by atoms with van der Waals surface area (Å²) in [6.45, 7) is 5.19. The Bertz CT molecular complexity index is 716. The molecule has 0 atom stereocenters. The number of aromatic nitrogens is 2. The molecule has 0 spiro atoms. The lowest BCUT2D eigenvalue weighted by Crippen LogP contribution is -2.29. The molecule has 21 heavy (non-hydrogen) atoms. The molecule has 0 unspecified atom stereocenters. The van der Waals surface area contributed by atoms with Gasteiger partial charge in [0.2, 0.25) is 0 Å². The Kier molecular flexibility index (Phi) is 3.91. The van der Waals surface area contributed by atoms with Gasteiger partial charge in [-0.1, -0.05) is 11.6 Å². The standard InChI is InChI=1S/C14H15ClN2O4/c1-14(2,3)21-13(19)17-9(12(18)20-4)7-8-5-6-10(15)16-11(8)17/h5-7H,1-4H3. The predicted molar refractivity (Wildman–Crippen MR) is 77.7 cm³/mol. The first-order valence-electron chi connectivity index (χ1n) is 6.22. The molecule has 2 aromatic heterocycles. The summed E-state index contributed by atoms with van der Waals surface area (Å²) in [5, 5.41) is 0.799. The summed E-state index contributed by atoms with van der Waals surface area (Å²) in [6, 6.07) is 4.75. The number of nitrogens with zero attached hydrogens (tertiary/aromatic N) is 2. The average Bonchev–Trinajstić information content (AvgIpc) is 2.74. The summed E-state index contributed by atoms with van der Waals surface area (Å²) in [6.07, 6.45) is -0.715. The molecule has 0 N–H and O–H groups in total. The van der Waals surface area contributed by atoms with Crippen LogP contribution in [0.5, 0.6) is 0 Å². The molecular weight excluding hydrogens is 296 g/mol. The highest BCUT2D eigenvalue weighted by molar-refractivity contribution is 6.29. The van der Waals surface area contributed by atoms with Gasteiger partial charge in [0.1, 0.15) is 16.4 Å². The molecule has 0 aliphatic carbocycles. The van der Waals surface area contributed by atoms with E-state index in [1.165, 1.54) is 13.2 Å². The Balaban J connectivity index is 2.65. The number of hydrogen-bond acceptors (Lipinski definition) is 5. The van der Waals surface area contributed by atoms with E-state index in [9.17, 15) is 9.59 Å². The van der Waals surface area contributed by atoms with E-state index < -0.39 is 17.7 Å². The van der Waals surface area contributed by atoms with Crippen molar-refractivity contribution in [2.24, 2.45) is 0 Å². The van der Waals surface area contributed by atoms with Crippen LogP contribution in [0.4, 0.5) is 4.79 Å². The van der Waals surface area contributed by atoms with Gasteiger partial charge in [-0.3, -0.25) is 0 Å². The summed E-state index contributed by atoms with van der Waals surface area (Å²) >= 11 is 5.86. The molecule has 0 aromatic carbocycles. The first kappa shape index (κ1) is 15.3. The monoisotopic (exact) mass is 310 g/mol. The average molecular weight is 311 g/mol. The van der Waals surface area contributed by atoms with Gasteiger partial charge in [-0.15, -0.1) is 0 Å². The lowest BCUT2D eigenvalue weighted by atomic mass is 10.2. The van der Waals surface area contributed by atoms with Gasteiger partial charge in [0, 0.05) is 5.39 Å². The van der Waals surface area contributed by atoms with Crippen molar-refractivity contribution in [1.82, 2.24) is 9.55 Å². The van der Waals surface area contributed by atoms with Crippen LogP contribution in [0.2, 0.25) is 5.15 Å². The number of pyridine rings is 1. The van der Waals surface area contributed by atoms with E-state index in [2.05, 4.69) is 9.72 Å². The molecule has 2 aromatic rings. The van der Waals surface area contributed by atoms with Crippen LogP contribution in [-0.2, 0) is 9.47 Å². The maximum Gasteiger partial charge on any atom is 0.420 e. The van der Waals surface area contributed by atoms with Gasteiger partial charge < -0.3 is 9.47 Å².